The Kier molecular flexibility index (Phi) is 5.98. The molecule has 0 radical (unpaired) electrons. The number of thiazole rings is 1. The molecule has 0 unspecified atom stereocenters. The molecule has 1 saturated heterocycles. The highest BCUT2D eigenvalue weighted by Gasteiger charge is 2.28. The number of aryl methyl sites for hydroxylation is 1. The molecule has 2 aromatic heterocycles. The molecule has 1 aliphatic rings. The van der Waals surface area contributed by atoms with E-state index in [9.17, 15) is 9.59 Å². The number of carbonyl (C=O) groups is 2. The van der Waals surface area contributed by atoms with Crippen LogP contribution in [-0.4, -0.2) is 51.6 Å². The smallest absolute Gasteiger partial charge is 0.410 e. The van der Waals surface area contributed by atoms with Gasteiger partial charge in [0.05, 0.1) is 11.4 Å². The van der Waals surface area contributed by atoms with Crippen LogP contribution in [0.2, 0.25) is 0 Å². The molecule has 150 valence electrons. The van der Waals surface area contributed by atoms with E-state index >= 15 is 0 Å². The second kappa shape index (κ2) is 8.26. The maximum atomic E-state index is 12.7. The van der Waals surface area contributed by atoms with E-state index in [0.29, 0.717) is 36.5 Å². The van der Waals surface area contributed by atoms with Crippen molar-refractivity contribution in [2.24, 2.45) is 0 Å². The van der Waals surface area contributed by atoms with Gasteiger partial charge in [-0.3, -0.25) is 9.78 Å². The van der Waals surface area contributed by atoms with Crippen LogP contribution in [0.3, 0.4) is 0 Å². The Bertz CT molecular complexity index is 837. The van der Waals surface area contributed by atoms with Crippen LogP contribution in [0.5, 0.6) is 0 Å². The molecule has 0 bridgehead atoms. The van der Waals surface area contributed by atoms with Gasteiger partial charge in [0, 0.05) is 25.3 Å². The average Bonchev–Trinajstić information content (AvgIpc) is 3.03. The van der Waals surface area contributed by atoms with E-state index < -0.39 is 5.60 Å². The fourth-order valence-electron chi connectivity index (χ4n) is 2.99. The predicted octanol–water partition coefficient (Wildman–Crippen LogP) is 3.64. The number of nitrogens with one attached hydrogen (secondary N) is 1. The molecule has 1 aliphatic heterocycles. The molecule has 0 atom stereocenters. The summed E-state index contributed by atoms with van der Waals surface area (Å²) in [4.78, 5) is 36.0. The van der Waals surface area contributed by atoms with Gasteiger partial charge in [0.15, 0.2) is 0 Å². The van der Waals surface area contributed by atoms with Gasteiger partial charge in [-0.05, 0) is 52.7 Å². The minimum absolute atomic E-state index is 0.0333. The summed E-state index contributed by atoms with van der Waals surface area (Å²) in [5.74, 6) is -0.118. The number of nitrogens with zero attached hydrogens (tertiary/aromatic N) is 3. The van der Waals surface area contributed by atoms with Crippen molar-refractivity contribution < 1.29 is 14.3 Å². The Balaban J connectivity index is 1.57. The molecule has 0 aromatic carbocycles. The molecule has 3 rings (SSSR count). The monoisotopic (exact) mass is 402 g/mol. The van der Waals surface area contributed by atoms with E-state index in [4.69, 9.17) is 4.74 Å². The first kappa shape index (κ1) is 20.3. The standard InChI is InChI=1S/C20H26N4O3S/c1-13-16(28-18(22-13)15-7-5-6-10-21-15)17(25)23-14-8-11-24(12-9-14)19(26)27-20(2,3)4/h5-7,10,14H,8-9,11-12H2,1-4H3,(H,23,25). The Morgan fingerprint density at radius 3 is 2.57 bits per heavy atom. The van der Waals surface area contributed by atoms with Crippen molar-refractivity contribution in [2.45, 2.75) is 52.2 Å². The summed E-state index contributed by atoms with van der Waals surface area (Å²) in [6.45, 7) is 8.54. The van der Waals surface area contributed by atoms with Gasteiger partial charge >= 0.3 is 6.09 Å². The fourth-order valence-corrected chi connectivity index (χ4v) is 3.94. The van der Waals surface area contributed by atoms with Crippen molar-refractivity contribution in [1.29, 1.82) is 0 Å². The first-order chi connectivity index (χ1) is 13.2. The lowest BCUT2D eigenvalue weighted by Gasteiger charge is -2.33. The van der Waals surface area contributed by atoms with Crippen LogP contribution in [0.15, 0.2) is 24.4 Å². The Labute approximate surface area is 169 Å². The Morgan fingerprint density at radius 2 is 1.96 bits per heavy atom. The molecular weight excluding hydrogens is 376 g/mol. The summed E-state index contributed by atoms with van der Waals surface area (Å²) in [5, 5.41) is 3.82. The van der Waals surface area contributed by atoms with Gasteiger partial charge in [-0.1, -0.05) is 6.07 Å². The van der Waals surface area contributed by atoms with Crippen molar-refractivity contribution in [3.8, 4) is 10.7 Å². The molecular formula is C20H26N4O3S. The van der Waals surface area contributed by atoms with E-state index in [1.165, 1.54) is 11.3 Å². The quantitative estimate of drug-likeness (QED) is 0.847. The van der Waals surface area contributed by atoms with Gasteiger partial charge in [0.1, 0.15) is 15.5 Å². The van der Waals surface area contributed by atoms with E-state index in [2.05, 4.69) is 15.3 Å². The van der Waals surface area contributed by atoms with Crippen LogP contribution >= 0.6 is 11.3 Å². The molecule has 28 heavy (non-hydrogen) atoms. The highest BCUT2D eigenvalue weighted by molar-refractivity contribution is 7.17. The number of piperidine rings is 1. The van der Waals surface area contributed by atoms with Gasteiger partial charge in [0.2, 0.25) is 0 Å². The van der Waals surface area contributed by atoms with Crippen LogP contribution < -0.4 is 5.32 Å². The summed E-state index contributed by atoms with van der Waals surface area (Å²) in [7, 11) is 0. The lowest BCUT2D eigenvalue weighted by atomic mass is 10.1. The minimum atomic E-state index is -0.503. The molecule has 3 heterocycles. The first-order valence-corrected chi connectivity index (χ1v) is 10.2. The molecule has 1 fully saturated rings. The van der Waals surface area contributed by atoms with Gasteiger partial charge in [-0.2, -0.15) is 0 Å². The molecule has 0 aliphatic carbocycles. The van der Waals surface area contributed by atoms with E-state index in [1.54, 1.807) is 11.1 Å². The number of likely N-dealkylation sites (tertiary alicyclic amines) is 1. The van der Waals surface area contributed by atoms with Gasteiger partial charge < -0.3 is 15.0 Å². The van der Waals surface area contributed by atoms with Crippen molar-refractivity contribution >= 4 is 23.3 Å². The number of carbonyl (C=O) groups excluding carboxylic acids is 2. The number of hydrogen-bond donors (Lipinski definition) is 1. The number of rotatable bonds is 3. The van der Waals surface area contributed by atoms with Crippen molar-refractivity contribution in [2.75, 3.05) is 13.1 Å². The topological polar surface area (TPSA) is 84.4 Å². The van der Waals surface area contributed by atoms with Crippen LogP contribution in [-0.2, 0) is 4.74 Å². The van der Waals surface area contributed by atoms with Crippen molar-refractivity contribution in [1.82, 2.24) is 20.2 Å². The van der Waals surface area contributed by atoms with Crippen LogP contribution in [0.4, 0.5) is 4.79 Å². The van der Waals surface area contributed by atoms with Crippen LogP contribution in [0.1, 0.15) is 49.0 Å². The van der Waals surface area contributed by atoms with Gasteiger partial charge in [0.25, 0.3) is 5.91 Å². The lowest BCUT2D eigenvalue weighted by molar-refractivity contribution is 0.0200. The van der Waals surface area contributed by atoms with Crippen LogP contribution in [0, 0.1) is 6.92 Å². The highest BCUT2D eigenvalue weighted by Crippen LogP contribution is 2.26. The van der Waals surface area contributed by atoms with E-state index in [1.807, 2.05) is 45.9 Å². The van der Waals surface area contributed by atoms with Gasteiger partial charge in [-0.15, -0.1) is 11.3 Å². The lowest BCUT2D eigenvalue weighted by Crippen LogP contribution is -2.47. The number of ether oxygens (including phenoxy) is 1. The second-order valence-corrected chi connectivity index (χ2v) is 8.86. The Hall–Kier alpha value is -2.48. The molecule has 0 saturated carbocycles. The number of pyridine rings is 1. The van der Waals surface area contributed by atoms with E-state index in [0.717, 1.165) is 10.7 Å². The van der Waals surface area contributed by atoms with Crippen molar-refractivity contribution in [3.05, 3.63) is 35.0 Å². The summed E-state index contributed by atoms with van der Waals surface area (Å²) >= 11 is 1.35. The maximum Gasteiger partial charge on any atom is 0.410 e. The minimum Gasteiger partial charge on any atom is -0.444 e. The number of hydrogen-bond acceptors (Lipinski definition) is 6. The SMILES string of the molecule is Cc1nc(-c2ccccn2)sc1C(=O)NC1CCN(C(=O)OC(C)(C)C)CC1. The van der Waals surface area contributed by atoms with Crippen LogP contribution in [0.25, 0.3) is 10.7 Å². The van der Waals surface area contributed by atoms with E-state index in [-0.39, 0.29) is 18.0 Å². The first-order valence-electron chi connectivity index (χ1n) is 9.40. The Morgan fingerprint density at radius 1 is 1.25 bits per heavy atom. The predicted molar refractivity (Wildman–Crippen MR) is 108 cm³/mol. The molecule has 0 spiro atoms. The summed E-state index contributed by atoms with van der Waals surface area (Å²) in [6, 6.07) is 5.66. The zero-order valence-corrected chi connectivity index (χ0v) is 17.5. The summed E-state index contributed by atoms with van der Waals surface area (Å²) < 4.78 is 5.41. The molecule has 2 aromatic rings. The fraction of sp³-hybridized carbons (Fsp3) is 0.500. The number of amides is 2. The summed E-state index contributed by atoms with van der Waals surface area (Å²) in [6.07, 6.45) is 2.83. The van der Waals surface area contributed by atoms with Crippen molar-refractivity contribution in [3.63, 3.8) is 0 Å². The zero-order valence-electron chi connectivity index (χ0n) is 16.7. The second-order valence-electron chi connectivity index (χ2n) is 7.86. The molecule has 7 nitrogen and oxygen atoms in total. The number of aromatic nitrogens is 2. The summed E-state index contributed by atoms with van der Waals surface area (Å²) in [5.41, 5.74) is 0.964. The third-order valence-corrected chi connectivity index (χ3v) is 5.55. The normalized spacial score (nSPS) is 15.4. The zero-order chi connectivity index (χ0) is 20.3. The largest absolute Gasteiger partial charge is 0.444 e. The highest BCUT2D eigenvalue weighted by atomic mass is 32.1. The average molecular weight is 403 g/mol. The molecule has 8 heteroatoms. The maximum absolute atomic E-state index is 12.7. The molecule has 2 amide bonds. The molecule has 1 N–H and O–H groups in total. The third-order valence-electron chi connectivity index (χ3n) is 4.37. The third kappa shape index (κ3) is 5.07. The van der Waals surface area contributed by atoms with Gasteiger partial charge in [-0.25, -0.2) is 9.78 Å².